The van der Waals surface area contributed by atoms with Gasteiger partial charge in [-0.2, -0.15) is 0 Å². The minimum absolute atomic E-state index is 0.0164. The lowest BCUT2D eigenvalue weighted by Gasteiger charge is -2.35. The number of carbonyl (C=O) groups is 1. The highest BCUT2D eigenvalue weighted by Gasteiger charge is 2.36. The number of methoxy groups -OCH3 is 1. The first-order valence-corrected chi connectivity index (χ1v) is 12.9. The van der Waals surface area contributed by atoms with Crippen molar-refractivity contribution in [1.82, 2.24) is 4.90 Å². The summed E-state index contributed by atoms with van der Waals surface area (Å²) in [5.74, 6) is -0.512. The van der Waals surface area contributed by atoms with Crippen LogP contribution < -0.4 is 14.8 Å². The Kier molecular flexibility index (Phi) is 6.26. The number of carbonyl (C=O) groups excluding carboxylic acids is 1. The molecule has 0 atom stereocenters. The van der Waals surface area contributed by atoms with Gasteiger partial charge in [-0.1, -0.05) is 28.1 Å². The molecule has 0 saturated carbocycles. The van der Waals surface area contributed by atoms with E-state index in [0.717, 1.165) is 16.8 Å². The Morgan fingerprint density at radius 2 is 1.82 bits per heavy atom. The molecule has 5 rings (SSSR count). The molecule has 0 radical (unpaired) electrons. The van der Waals surface area contributed by atoms with Crippen LogP contribution in [0.2, 0.25) is 0 Å². The number of halogens is 2. The Labute approximate surface area is 229 Å². The number of aromatic hydroxyl groups is 1. The second-order valence-electron chi connectivity index (χ2n) is 10.2. The van der Waals surface area contributed by atoms with E-state index in [9.17, 15) is 9.90 Å². The van der Waals surface area contributed by atoms with Crippen molar-refractivity contribution in [3.63, 3.8) is 0 Å². The third kappa shape index (κ3) is 4.13. The molecular weight excluding hydrogens is 551 g/mol. The van der Waals surface area contributed by atoms with Gasteiger partial charge in [0.15, 0.2) is 23.1 Å². The van der Waals surface area contributed by atoms with E-state index in [0.29, 0.717) is 26.9 Å². The van der Waals surface area contributed by atoms with Crippen LogP contribution in [0.5, 0.6) is 17.2 Å². The molecule has 3 aromatic carbocycles. The van der Waals surface area contributed by atoms with E-state index in [1.807, 2.05) is 19.1 Å². The van der Waals surface area contributed by atoms with Gasteiger partial charge in [0.2, 0.25) is 0 Å². The summed E-state index contributed by atoms with van der Waals surface area (Å²) in [7, 11) is 4.71. The highest BCUT2D eigenvalue weighted by atomic mass is 79.9. The molecule has 0 unspecified atom stereocenters. The molecule has 0 bridgehead atoms. The average molecular weight is 579 g/mol. The molecule has 2 aliphatic heterocycles. The number of fused-ring (bicyclic) bond motifs is 5. The summed E-state index contributed by atoms with van der Waals surface area (Å²) in [6, 6.07) is 11.7. The first-order valence-electron chi connectivity index (χ1n) is 12.1. The molecule has 0 aromatic heterocycles. The summed E-state index contributed by atoms with van der Waals surface area (Å²) in [5.41, 5.74) is 4.23. The fourth-order valence-corrected chi connectivity index (χ4v) is 5.58. The average Bonchev–Trinajstić information content (AvgIpc) is 2.86. The van der Waals surface area contributed by atoms with Gasteiger partial charge in [0, 0.05) is 52.1 Å². The van der Waals surface area contributed by atoms with E-state index < -0.39 is 5.83 Å². The summed E-state index contributed by atoms with van der Waals surface area (Å²) in [6.45, 7) is 6.10. The monoisotopic (exact) mass is 578 g/mol. The van der Waals surface area contributed by atoms with E-state index in [4.69, 9.17) is 9.47 Å². The summed E-state index contributed by atoms with van der Waals surface area (Å²) < 4.78 is 29.3. The summed E-state index contributed by atoms with van der Waals surface area (Å²) in [5, 5.41) is 14.1. The maximum Gasteiger partial charge on any atom is 0.254 e. The zero-order valence-corrected chi connectivity index (χ0v) is 23.6. The minimum atomic E-state index is -0.679. The van der Waals surface area contributed by atoms with Gasteiger partial charge in [0.1, 0.15) is 5.75 Å². The van der Waals surface area contributed by atoms with Crippen molar-refractivity contribution in [1.29, 1.82) is 0 Å². The van der Waals surface area contributed by atoms with Crippen LogP contribution in [0.25, 0.3) is 28.3 Å². The standard InChI is InChI=1S/C30H28BrFN2O4/c1-15-14-30(2,3)33-20-10-9-18-24-22(12-11-21(35)27(24)37-6)38-28(25(18)23(15)20)26(32)19-13-16(31)7-8-17(19)29(36)34(4)5/h7-14,33,35H,1-6H3/b28-26-. The Hall–Kier alpha value is -3.78. The number of anilines is 1. The Morgan fingerprint density at radius 3 is 2.50 bits per heavy atom. The highest BCUT2D eigenvalue weighted by Crippen LogP contribution is 2.55. The topological polar surface area (TPSA) is 71.0 Å². The molecule has 0 saturated heterocycles. The first kappa shape index (κ1) is 25.9. The number of phenolic OH excluding ortho intramolecular Hbond substituents is 1. The van der Waals surface area contributed by atoms with Crippen molar-refractivity contribution in [3.8, 4) is 28.4 Å². The van der Waals surface area contributed by atoms with Crippen molar-refractivity contribution < 1.29 is 23.8 Å². The van der Waals surface area contributed by atoms with Gasteiger partial charge in [0.05, 0.1) is 18.2 Å². The number of rotatable bonds is 3. The van der Waals surface area contributed by atoms with E-state index in [-0.39, 0.29) is 39.8 Å². The molecule has 2 aliphatic rings. The molecule has 0 fully saturated rings. The van der Waals surface area contributed by atoms with Crippen LogP contribution in [-0.4, -0.2) is 42.7 Å². The molecule has 196 valence electrons. The second kappa shape index (κ2) is 9.20. The number of nitrogens with one attached hydrogen (secondary N) is 1. The second-order valence-corrected chi connectivity index (χ2v) is 11.1. The van der Waals surface area contributed by atoms with E-state index in [1.165, 1.54) is 18.1 Å². The number of phenols is 1. The maximum atomic E-state index is 16.8. The van der Waals surface area contributed by atoms with Gasteiger partial charge >= 0.3 is 0 Å². The Morgan fingerprint density at radius 1 is 1.08 bits per heavy atom. The molecule has 6 nitrogen and oxygen atoms in total. The Bertz CT molecular complexity index is 1570. The van der Waals surface area contributed by atoms with Crippen molar-refractivity contribution in [2.75, 3.05) is 26.5 Å². The molecule has 0 spiro atoms. The molecule has 2 N–H and O–H groups in total. The molecular formula is C30H28BrFN2O4. The lowest BCUT2D eigenvalue weighted by Crippen LogP contribution is -2.32. The predicted molar refractivity (Wildman–Crippen MR) is 152 cm³/mol. The molecule has 3 aromatic rings. The number of benzene rings is 3. The fraction of sp³-hybridized carbons (Fsp3) is 0.233. The number of hydrogen-bond acceptors (Lipinski definition) is 5. The van der Waals surface area contributed by atoms with Crippen LogP contribution in [0.1, 0.15) is 47.8 Å². The van der Waals surface area contributed by atoms with E-state index in [2.05, 4.69) is 41.2 Å². The zero-order chi connectivity index (χ0) is 27.5. The number of allylic oxidation sites excluding steroid dienone is 1. The van der Waals surface area contributed by atoms with E-state index >= 15 is 4.39 Å². The van der Waals surface area contributed by atoms with Crippen LogP contribution in [0.4, 0.5) is 10.1 Å². The van der Waals surface area contributed by atoms with Crippen LogP contribution in [-0.2, 0) is 0 Å². The van der Waals surface area contributed by atoms with Crippen LogP contribution >= 0.6 is 15.9 Å². The first-order chi connectivity index (χ1) is 17.9. The SMILES string of the molecule is COc1c(O)ccc2c1-c1ccc3c(c1/C(=C(/F)c1cc(Br)ccc1C(=O)N(C)C)O2)C(C)=CC(C)(C)N3. The van der Waals surface area contributed by atoms with Gasteiger partial charge < -0.3 is 24.8 Å². The van der Waals surface area contributed by atoms with Crippen LogP contribution in [0.3, 0.4) is 0 Å². The van der Waals surface area contributed by atoms with Gasteiger partial charge in [-0.05, 0) is 62.7 Å². The van der Waals surface area contributed by atoms with Crippen molar-refractivity contribution in [2.24, 2.45) is 0 Å². The quantitative estimate of drug-likeness (QED) is 0.340. The Balaban J connectivity index is 1.89. The number of nitrogens with zero attached hydrogens (tertiary/aromatic N) is 1. The van der Waals surface area contributed by atoms with Crippen LogP contribution in [0.15, 0.2) is 53.0 Å². The van der Waals surface area contributed by atoms with E-state index in [1.54, 1.807) is 38.4 Å². The van der Waals surface area contributed by atoms with Gasteiger partial charge in [-0.3, -0.25) is 4.79 Å². The molecule has 38 heavy (non-hydrogen) atoms. The fourth-order valence-electron chi connectivity index (χ4n) is 5.22. The minimum Gasteiger partial charge on any atom is -0.504 e. The van der Waals surface area contributed by atoms with Gasteiger partial charge in [0.25, 0.3) is 5.91 Å². The van der Waals surface area contributed by atoms with Crippen molar-refractivity contribution >= 4 is 44.7 Å². The third-order valence-corrected chi connectivity index (χ3v) is 7.19. The number of ether oxygens (including phenoxy) is 2. The third-order valence-electron chi connectivity index (χ3n) is 6.70. The van der Waals surface area contributed by atoms with Crippen molar-refractivity contribution in [2.45, 2.75) is 26.3 Å². The zero-order valence-electron chi connectivity index (χ0n) is 22.0. The number of amides is 1. The lowest BCUT2D eigenvalue weighted by atomic mass is 9.82. The molecule has 8 heteroatoms. The maximum absolute atomic E-state index is 16.8. The predicted octanol–water partition coefficient (Wildman–Crippen LogP) is 7.33. The normalized spacial score (nSPS) is 16.2. The highest BCUT2D eigenvalue weighted by molar-refractivity contribution is 9.10. The molecule has 0 aliphatic carbocycles. The summed E-state index contributed by atoms with van der Waals surface area (Å²) >= 11 is 3.42. The largest absolute Gasteiger partial charge is 0.504 e. The van der Waals surface area contributed by atoms with Crippen LogP contribution in [0, 0.1) is 0 Å². The number of hydrogen-bond donors (Lipinski definition) is 2. The lowest BCUT2D eigenvalue weighted by molar-refractivity contribution is 0.0827. The van der Waals surface area contributed by atoms with Crippen molar-refractivity contribution in [3.05, 3.63) is 75.3 Å². The summed E-state index contributed by atoms with van der Waals surface area (Å²) in [6.07, 6.45) is 2.08. The summed E-state index contributed by atoms with van der Waals surface area (Å²) in [4.78, 5) is 14.4. The molecule has 1 amide bonds. The smallest absolute Gasteiger partial charge is 0.254 e. The van der Waals surface area contributed by atoms with Gasteiger partial charge in [-0.15, -0.1) is 0 Å². The molecule has 2 heterocycles. The van der Waals surface area contributed by atoms with Gasteiger partial charge in [-0.25, -0.2) is 4.39 Å².